The predicted molar refractivity (Wildman–Crippen MR) is 75.9 cm³/mol. The first-order chi connectivity index (χ1) is 10.0. The normalized spacial score (nSPS) is 17.0. The van der Waals surface area contributed by atoms with E-state index in [9.17, 15) is 19.5 Å². The lowest BCUT2D eigenvalue weighted by Crippen LogP contribution is -2.45. The summed E-state index contributed by atoms with van der Waals surface area (Å²) in [5.74, 6) is -2.19. The lowest BCUT2D eigenvalue weighted by molar-refractivity contribution is -0.139. The van der Waals surface area contributed by atoms with Gasteiger partial charge in [0.2, 0.25) is 11.8 Å². The monoisotopic (exact) mass is 291 g/mol. The number of amides is 2. The number of nitrogens with one attached hydrogen (secondary N) is 1. The van der Waals surface area contributed by atoms with Gasteiger partial charge >= 0.3 is 5.97 Å². The molecule has 4 N–H and O–H groups in total. The number of para-hydroxylation sites is 1. The molecule has 0 radical (unpaired) electrons. The zero-order valence-corrected chi connectivity index (χ0v) is 11.4. The van der Waals surface area contributed by atoms with Gasteiger partial charge in [0.25, 0.3) is 0 Å². The zero-order chi connectivity index (χ0) is 15.4. The number of carboxylic acids is 1. The van der Waals surface area contributed by atoms with Crippen molar-refractivity contribution in [2.24, 2.45) is 5.73 Å². The van der Waals surface area contributed by atoms with E-state index in [1.807, 2.05) is 0 Å². The molecule has 2 rings (SSSR count). The van der Waals surface area contributed by atoms with Crippen LogP contribution in [0.15, 0.2) is 24.3 Å². The van der Waals surface area contributed by atoms with E-state index in [0.717, 1.165) is 0 Å². The number of hydrogen-bond acceptors (Lipinski definition) is 4. The smallest absolute Gasteiger partial charge is 0.311 e. The second kappa shape index (κ2) is 6.36. The molecule has 0 saturated heterocycles. The number of nitrogens with two attached hydrogens (primary N) is 1. The Morgan fingerprint density at radius 2 is 2.05 bits per heavy atom. The second-order valence-electron chi connectivity index (χ2n) is 4.76. The number of rotatable bonds is 4. The Hall–Kier alpha value is -2.41. The molecular formula is C14H17N3O4. The van der Waals surface area contributed by atoms with Crippen molar-refractivity contribution in [3.8, 4) is 0 Å². The van der Waals surface area contributed by atoms with Gasteiger partial charge in [0, 0.05) is 12.2 Å². The van der Waals surface area contributed by atoms with Crippen LogP contribution in [0, 0.1) is 0 Å². The highest BCUT2D eigenvalue weighted by molar-refractivity contribution is 5.99. The van der Waals surface area contributed by atoms with Crippen molar-refractivity contribution in [1.82, 2.24) is 5.32 Å². The van der Waals surface area contributed by atoms with Crippen LogP contribution in [0.3, 0.4) is 0 Å². The Morgan fingerprint density at radius 3 is 2.71 bits per heavy atom. The maximum absolute atomic E-state index is 12.2. The Bertz CT molecular complexity index is 573. The molecule has 1 atom stereocenters. The van der Waals surface area contributed by atoms with Crippen molar-refractivity contribution in [2.75, 3.05) is 24.5 Å². The van der Waals surface area contributed by atoms with Gasteiger partial charge in [-0.2, -0.15) is 0 Å². The molecule has 1 aliphatic rings. The number of carbonyl (C=O) groups excluding carboxylic acids is 2. The summed E-state index contributed by atoms with van der Waals surface area (Å²) in [6, 6.07) is 6.93. The van der Waals surface area contributed by atoms with Gasteiger partial charge in [0.15, 0.2) is 0 Å². The highest BCUT2D eigenvalue weighted by Crippen LogP contribution is 2.35. The van der Waals surface area contributed by atoms with Gasteiger partial charge in [-0.05, 0) is 18.1 Å². The van der Waals surface area contributed by atoms with Crippen LogP contribution >= 0.6 is 0 Å². The maximum atomic E-state index is 12.2. The van der Waals surface area contributed by atoms with E-state index in [-0.39, 0.29) is 19.0 Å². The first kappa shape index (κ1) is 15.0. The first-order valence-electron chi connectivity index (χ1n) is 6.63. The van der Waals surface area contributed by atoms with Crippen molar-refractivity contribution in [3.05, 3.63) is 29.8 Å². The van der Waals surface area contributed by atoms with Crippen LogP contribution in [-0.4, -0.2) is 42.5 Å². The van der Waals surface area contributed by atoms with Gasteiger partial charge in [-0.1, -0.05) is 18.2 Å². The number of nitrogens with zero attached hydrogens (tertiary/aromatic N) is 1. The number of carbonyl (C=O) groups is 3. The van der Waals surface area contributed by atoms with E-state index in [0.29, 0.717) is 24.2 Å². The molecule has 0 fully saturated rings. The van der Waals surface area contributed by atoms with E-state index in [1.54, 1.807) is 24.3 Å². The molecule has 1 aromatic carbocycles. The van der Waals surface area contributed by atoms with Crippen LogP contribution in [0.25, 0.3) is 0 Å². The number of hydrogen-bond donors (Lipinski definition) is 3. The minimum Gasteiger partial charge on any atom is -0.481 e. The Labute approximate surface area is 121 Å². The molecule has 1 aromatic rings. The van der Waals surface area contributed by atoms with Crippen LogP contribution in [-0.2, 0) is 14.4 Å². The highest BCUT2D eigenvalue weighted by atomic mass is 16.4. The van der Waals surface area contributed by atoms with Crippen molar-refractivity contribution < 1.29 is 19.5 Å². The van der Waals surface area contributed by atoms with E-state index in [2.05, 4.69) is 5.32 Å². The fourth-order valence-corrected chi connectivity index (χ4v) is 2.42. The highest BCUT2D eigenvalue weighted by Gasteiger charge is 2.32. The molecule has 0 aliphatic carbocycles. The van der Waals surface area contributed by atoms with Crippen LogP contribution in [0.4, 0.5) is 5.69 Å². The quantitative estimate of drug-likeness (QED) is 0.703. The van der Waals surface area contributed by atoms with E-state index in [1.165, 1.54) is 4.90 Å². The minimum atomic E-state index is -0.897. The Balaban J connectivity index is 2.19. The topological polar surface area (TPSA) is 113 Å². The molecule has 0 bridgehead atoms. The van der Waals surface area contributed by atoms with Crippen molar-refractivity contribution in [3.63, 3.8) is 0 Å². The zero-order valence-electron chi connectivity index (χ0n) is 11.4. The number of fused-ring (bicyclic) bond motifs is 1. The van der Waals surface area contributed by atoms with Gasteiger partial charge in [-0.25, -0.2) is 0 Å². The van der Waals surface area contributed by atoms with Crippen LogP contribution in [0.1, 0.15) is 17.9 Å². The van der Waals surface area contributed by atoms with Crippen molar-refractivity contribution in [2.45, 2.75) is 12.3 Å². The first-order valence-corrected chi connectivity index (χ1v) is 6.63. The summed E-state index contributed by atoms with van der Waals surface area (Å²) in [5.41, 5.74) is 6.37. The molecule has 112 valence electrons. The summed E-state index contributed by atoms with van der Waals surface area (Å²) < 4.78 is 0. The third kappa shape index (κ3) is 3.19. The Kier molecular flexibility index (Phi) is 4.54. The number of benzene rings is 1. The third-order valence-electron chi connectivity index (χ3n) is 3.47. The standard InChI is InChI=1S/C14H17N3O4/c15-7-12(18)16-8-13(19)17-6-5-10(14(20)21)9-3-1-2-4-11(9)17/h1-4,10H,5-8,15H2,(H,16,18)(H,20,21). The number of anilines is 1. The van der Waals surface area contributed by atoms with Gasteiger partial charge in [-0.15, -0.1) is 0 Å². The van der Waals surface area contributed by atoms with Crippen molar-refractivity contribution >= 4 is 23.5 Å². The Morgan fingerprint density at radius 1 is 1.33 bits per heavy atom. The molecule has 7 heteroatoms. The molecule has 0 aromatic heterocycles. The summed E-state index contributed by atoms with van der Waals surface area (Å²) in [7, 11) is 0. The lowest BCUT2D eigenvalue weighted by Gasteiger charge is -2.32. The molecule has 0 saturated carbocycles. The predicted octanol–water partition coefficient (Wildman–Crippen LogP) is -0.334. The largest absolute Gasteiger partial charge is 0.481 e. The van der Waals surface area contributed by atoms with Crippen molar-refractivity contribution in [1.29, 1.82) is 0 Å². The molecule has 21 heavy (non-hydrogen) atoms. The molecule has 1 heterocycles. The molecule has 1 aliphatic heterocycles. The SMILES string of the molecule is NCC(=O)NCC(=O)N1CCC(C(=O)O)c2ccccc21. The molecule has 2 amide bonds. The van der Waals surface area contributed by atoms with Gasteiger partial charge in [-0.3, -0.25) is 14.4 Å². The minimum absolute atomic E-state index is 0.151. The third-order valence-corrected chi connectivity index (χ3v) is 3.47. The fraction of sp³-hybridized carbons (Fsp3) is 0.357. The average Bonchev–Trinajstić information content (AvgIpc) is 2.50. The summed E-state index contributed by atoms with van der Waals surface area (Å²) >= 11 is 0. The van der Waals surface area contributed by atoms with Gasteiger partial charge in [0.1, 0.15) is 0 Å². The number of carboxylic acid groups (broad SMARTS) is 1. The second-order valence-corrected chi connectivity index (χ2v) is 4.76. The van der Waals surface area contributed by atoms with E-state index >= 15 is 0 Å². The molecule has 1 unspecified atom stereocenters. The van der Waals surface area contributed by atoms with E-state index in [4.69, 9.17) is 5.73 Å². The lowest BCUT2D eigenvalue weighted by atomic mass is 9.90. The number of aliphatic carboxylic acids is 1. The molecular weight excluding hydrogens is 274 g/mol. The average molecular weight is 291 g/mol. The van der Waals surface area contributed by atoms with Crippen LogP contribution < -0.4 is 16.0 Å². The van der Waals surface area contributed by atoms with Gasteiger partial charge in [0.05, 0.1) is 19.0 Å². The van der Waals surface area contributed by atoms with Crippen LogP contribution in [0.2, 0.25) is 0 Å². The van der Waals surface area contributed by atoms with Crippen LogP contribution in [0.5, 0.6) is 0 Å². The summed E-state index contributed by atoms with van der Waals surface area (Å²) in [5, 5.41) is 11.7. The van der Waals surface area contributed by atoms with E-state index < -0.39 is 17.8 Å². The summed E-state index contributed by atoms with van der Waals surface area (Å²) in [4.78, 5) is 36.1. The molecule has 7 nitrogen and oxygen atoms in total. The van der Waals surface area contributed by atoms with Gasteiger partial charge < -0.3 is 21.1 Å². The molecule has 0 spiro atoms. The maximum Gasteiger partial charge on any atom is 0.311 e. The fourth-order valence-electron chi connectivity index (χ4n) is 2.42. The summed E-state index contributed by atoms with van der Waals surface area (Å²) in [6.45, 7) is -0.0155. The summed E-state index contributed by atoms with van der Waals surface area (Å²) in [6.07, 6.45) is 0.350.